The van der Waals surface area contributed by atoms with Gasteiger partial charge in [-0.1, -0.05) is 35.9 Å². The predicted octanol–water partition coefficient (Wildman–Crippen LogP) is 6.14. The summed E-state index contributed by atoms with van der Waals surface area (Å²) in [6.07, 6.45) is 0.317. The lowest BCUT2D eigenvalue weighted by atomic mass is 10.0. The summed E-state index contributed by atoms with van der Waals surface area (Å²) < 4.78 is 5.74. The van der Waals surface area contributed by atoms with Crippen molar-refractivity contribution in [3.8, 4) is 5.75 Å². The molecule has 0 aliphatic carbocycles. The number of anilines is 1. The van der Waals surface area contributed by atoms with Crippen molar-refractivity contribution in [1.82, 2.24) is 0 Å². The van der Waals surface area contributed by atoms with Gasteiger partial charge in [0.2, 0.25) is 5.91 Å². The van der Waals surface area contributed by atoms with Crippen LogP contribution in [0.1, 0.15) is 39.9 Å². The van der Waals surface area contributed by atoms with Crippen LogP contribution in [0.2, 0.25) is 5.02 Å². The number of aryl methyl sites for hydroxylation is 2. The first-order valence-electron chi connectivity index (χ1n) is 9.78. The molecule has 1 amide bonds. The third-order valence-corrected chi connectivity index (χ3v) is 5.12. The fraction of sp³-hybridized carbons (Fsp3) is 0.200. The number of nitrogens with one attached hydrogen (secondary N) is 1. The third-order valence-electron chi connectivity index (χ3n) is 4.86. The van der Waals surface area contributed by atoms with Gasteiger partial charge in [0.25, 0.3) is 0 Å². The number of Topliss-reactive ketones (excluding diaryl/α,β-unsaturated/α-hetero) is 1. The normalized spacial score (nSPS) is 10.5. The summed E-state index contributed by atoms with van der Waals surface area (Å²) in [5, 5.41) is 3.50. The topological polar surface area (TPSA) is 55.4 Å². The number of benzene rings is 3. The Kier molecular flexibility index (Phi) is 7.26. The summed E-state index contributed by atoms with van der Waals surface area (Å²) in [7, 11) is 0. The molecule has 5 heteroatoms. The molecule has 3 rings (SSSR count). The highest BCUT2D eigenvalue weighted by molar-refractivity contribution is 6.30. The molecule has 1 N–H and O–H groups in total. The van der Waals surface area contributed by atoms with E-state index < -0.39 is 0 Å². The van der Waals surface area contributed by atoms with Crippen LogP contribution in [0.5, 0.6) is 5.75 Å². The standard InChI is InChI=1S/C25H24ClNO3/c1-17-3-6-20(15-18(17)2)24(28)13-14-25(29)27-22-9-11-23(12-10-22)30-16-19-4-7-21(26)8-5-19/h3-12,15H,13-14,16H2,1-2H3,(H,27,29). The second-order valence-electron chi connectivity index (χ2n) is 7.21. The van der Waals surface area contributed by atoms with E-state index in [0.717, 1.165) is 16.7 Å². The SMILES string of the molecule is Cc1ccc(C(=O)CCC(=O)Nc2ccc(OCc3ccc(Cl)cc3)cc2)cc1C. The minimum atomic E-state index is -0.193. The Morgan fingerprint density at radius 1 is 0.867 bits per heavy atom. The molecule has 0 saturated heterocycles. The maximum Gasteiger partial charge on any atom is 0.224 e. The van der Waals surface area contributed by atoms with Crippen molar-refractivity contribution in [3.63, 3.8) is 0 Å². The molecule has 3 aromatic rings. The van der Waals surface area contributed by atoms with Crippen LogP contribution in [-0.2, 0) is 11.4 Å². The van der Waals surface area contributed by atoms with Crippen molar-refractivity contribution in [2.75, 3.05) is 5.32 Å². The molecule has 30 heavy (non-hydrogen) atoms. The molecule has 0 atom stereocenters. The highest BCUT2D eigenvalue weighted by atomic mass is 35.5. The van der Waals surface area contributed by atoms with E-state index in [4.69, 9.17) is 16.3 Å². The molecule has 0 heterocycles. The van der Waals surface area contributed by atoms with Crippen LogP contribution in [0.3, 0.4) is 0 Å². The summed E-state index contributed by atoms with van der Waals surface area (Å²) >= 11 is 5.88. The summed E-state index contributed by atoms with van der Waals surface area (Å²) in [5.41, 5.74) is 4.55. The maximum atomic E-state index is 12.3. The molecule has 0 aromatic heterocycles. The lowest BCUT2D eigenvalue weighted by Gasteiger charge is -2.09. The largest absolute Gasteiger partial charge is 0.489 e. The van der Waals surface area contributed by atoms with Crippen LogP contribution in [0.4, 0.5) is 5.69 Å². The van der Waals surface area contributed by atoms with E-state index in [2.05, 4.69) is 5.32 Å². The molecule has 4 nitrogen and oxygen atoms in total. The Morgan fingerprint density at radius 2 is 1.57 bits per heavy atom. The van der Waals surface area contributed by atoms with Crippen LogP contribution in [0, 0.1) is 13.8 Å². The molecular formula is C25H24ClNO3. The van der Waals surface area contributed by atoms with E-state index >= 15 is 0 Å². The monoisotopic (exact) mass is 421 g/mol. The number of amides is 1. The van der Waals surface area contributed by atoms with Crippen molar-refractivity contribution >= 4 is 29.0 Å². The van der Waals surface area contributed by atoms with Crippen molar-refractivity contribution in [1.29, 1.82) is 0 Å². The van der Waals surface area contributed by atoms with Gasteiger partial charge in [0.15, 0.2) is 5.78 Å². The van der Waals surface area contributed by atoms with E-state index in [1.54, 1.807) is 24.3 Å². The van der Waals surface area contributed by atoms with E-state index in [1.807, 2.05) is 56.3 Å². The second kappa shape index (κ2) is 10.1. The van der Waals surface area contributed by atoms with E-state index in [9.17, 15) is 9.59 Å². The number of halogens is 1. The van der Waals surface area contributed by atoms with Gasteiger partial charge in [0.05, 0.1) is 0 Å². The summed E-state index contributed by atoms with van der Waals surface area (Å²) in [4.78, 5) is 24.5. The van der Waals surface area contributed by atoms with Gasteiger partial charge < -0.3 is 10.1 Å². The van der Waals surface area contributed by atoms with Gasteiger partial charge in [-0.2, -0.15) is 0 Å². The molecule has 0 unspecified atom stereocenters. The van der Waals surface area contributed by atoms with Crippen molar-refractivity contribution < 1.29 is 14.3 Å². The predicted molar refractivity (Wildman–Crippen MR) is 120 cm³/mol. The van der Waals surface area contributed by atoms with Gasteiger partial charge in [-0.3, -0.25) is 9.59 Å². The van der Waals surface area contributed by atoms with Crippen molar-refractivity contribution in [2.45, 2.75) is 33.3 Å². The smallest absolute Gasteiger partial charge is 0.224 e. The van der Waals surface area contributed by atoms with Gasteiger partial charge in [0.1, 0.15) is 12.4 Å². The van der Waals surface area contributed by atoms with Gasteiger partial charge in [-0.25, -0.2) is 0 Å². The van der Waals surface area contributed by atoms with Gasteiger partial charge >= 0.3 is 0 Å². The lowest BCUT2D eigenvalue weighted by molar-refractivity contribution is -0.116. The average molecular weight is 422 g/mol. The third kappa shape index (κ3) is 6.19. The van der Waals surface area contributed by atoms with Crippen molar-refractivity contribution in [3.05, 3.63) is 94.0 Å². The number of carbonyl (C=O) groups excluding carboxylic acids is 2. The van der Waals surface area contributed by atoms with Gasteiger partial charge in [-0.15, -0.1) is 0 Å². The van der Waals surface area contributed by atoms with Gasteiger partial charge in [-0.05, 0) is 73.0 Å². The number of hydrogen-bond acceptors (Lipinski definition) is 3. The second-order valence-corrected chi connectivity index (χ2v) is 7.65. The van der Waals surface area contributed by atoms with Crippen LogP contribution in [0.15, 0.2) is 66.7 Å². The summed E-state index contributed by atoms with van der Waals surface area (Å²) in [6, 6.07) is 20.2. The summed E-state index contributed by atoms with van der Waals surface area (Å²) in [5.74, 6) is 0.481. The molecule has 0 fully saturated rings. The highest BCUT2D eigenvalue weighted by Crippen LogP contribution is 2.19. The van der Waals surface area contributed by atoms with Crippen molar-refractivity contribution in [2.24, 2.45) is 0 Å². The minimum Gasteiger partial charge on any atom is -0.489 e. The van der Waals surface area contributed by atoms with E-state index in [1.165, 1.54) is 0 Å². The molecule has 154 valence electrons. The fourth-order valence-corrected chi connectivity index (χ4v) is 3.02. The molecular weight excluding hydrogens is 398 g/mol. The Labute approximate surface area is 181 Å². The number of ether oxygens (including phenoxy) is 1. The zero-order valence-corrected chi connectivity index (χ0v) is 17.8. The lowest BCUT2D eigenvalue weighted by Crippen LogP contribution is -2.13. The van der Waals surface area contributed by atoms with Crippen LogP contribution >= 0.6 is 11.6 Å². The zero-order valence-electron chi connectivity index (χ0n) is 17.1. The van der Waals surface area contributed by atoms with E-state index in [-0.39, 0.29) is 24.5 Å². The fourth-order valence-electron chi connectivity index (χ4n) is 2.89. The molecule has 0 radical (unpaired) electrons. The Hall–Kier alpha value is -3.11. The molecule has 0 bridgehead atoms. The van der Waals surface area contributed by atoms with E-state index in [0.29, 0.717) is 28.6 Å². The quantitative estimate of drug-likeness (QED) is 0.444. The maximum absolute atomic E-state index is 12.3. The molecule has 0 aliphatic heterocycles. The van der Waals surface area contributed by atoms with Gasteiger partial charge in [0, 0.05) is 29.1 Å². The summed E-state index contributed by atoms with van der Waals surface area (Å²) in [6.45, 7) is 4.41. The van der Waals surface area contributed by atoms with Crippen LogP contribution in [0.25, 0.3) is 0 Å². The van der Waals surface area contributed by atoms with Crippen LogP contribution in [-0.4, -0.2) is 11.7 Å². The molecule has 0 saturated carbocycles. The number of hydrogen-bond donors (Lipinski definition) is 1. The first kappa shape index (κ1) is 21.6. The van der Waals surface area contributed by atoms with Crippen LogP contribution < -0.4 is 10.1 Å². The number of carbonyl (C=O) groups is 2. The number of ketones is 1. The molecule has 0 spiro atoms. The Balaban J connectivity index is 1.46. The minimum absolute atomic E-state index is 0.0285. The first-order valence-corrected chi connectivity index (χ1v) is 10.2. The zero-order chi connectivity index (χ0) is 21.5. The molecule has 0 aliphatic rings. The Bertz CT molecular complexity index is 1030. The highest BCUT2D eigenvalue weighted by Gasteiger charge is 2.10. The number of rotatable bonds is 8. The molecule has 3 aromatic carbocycles. The first-order chi connectivity index (χ1) is 14.4. The Morgan fingerprint density at radius 3 is 2.23 bits per heavy atom. The average Bonchev–Trinajstić information content (AvgIpc) is 2.74.